The number of likely N-dealkylation sites (tertiary alicyclic amines) is 2. The summed E-state index contributed by atoms with van der Waals surface area (Å²) in [7, 11) is 1.73. The van der Waals surface area contributed by atoms with Crippen molar-refractivity contribution in [2.75, 3.05) is 46.4 Å². The lowest BCUT2D eigenvalue weighted by Gasteiger charge is -2.40. The summed E-state index contributed by atoms with van der Waals surface area (Å²) in [5.41, 5.74) is 6.75. The van der Waals surface area contributed by atoms with E-state index in [-0.39, 0.29) is 6.42 Å². The molecule has 0 saturated carbocycles. The van der Waals surface area contributed by atoms with Gasteiger partial charge in [0.2, 0.25) is 5.91 Å². The predicted molar refractivity (Wildman–Crippen MR) is 175 cm³/mol. The van der Waals surface area contributed by atoms with Crippen molar-refractivity contribution < 1.29 is 45.8 Å². The van der Waals surface area contributed by atoms with Crippen LogP contribution in [0, 0.1) is 5.41 Å². The van der Waals surface area contributed by atoms with Crippen LogP contribution >= 0.6 is 0 Å². The highest BCUT2D eigenvalue weighted by Gasteiger charge is 2.60. The molecule has 0 aliphatic carbocycles. The molecule has 2 fully saturated rings. The number of hydrogen-bond donors (Lipinski definition) is 2. The molecule has 2 aliphatic heterocycles. The fourth-order valence-corrected chi connectivity index (χ4v) is 6.79. The second-order valence-electron chi connectivity index (χ2n) is 12.7. The normalized spacial score (nSPS) is 17.3. The van der Waals surface area contributed by atoms with Crippen molar-refractivity contribution in [3.8, 4) is 16.9 Å². The number of amides is 1. The third-order valence-electron chi connectivity index (χ3n) is 9.50. The zero-order valence-electron chi connectivity index (χ0n) is 27.5. The lowest BCUT2D eigenvalue weighted by Crippen LogP contribution is -2.56. The van der Waals surface area contributed by atoms with Gasteiger partial charge >= 0.3 is 18.3 Å². The Morgan fingerprint density at radius 2 is 1.43 bits per heavy atom. The smallest absolute Gasteiger partial charge is 0.403 e. The molecule has 0 aromatic heterocycles. The van der Waals surface area contributed by atoms with Crippen molar-refractivity contribution in [1.82, 2.24) is 9.80 Å². The van der Waals surface area contributed by atoms with Gasteiger partial charge in [0.1, 0.15) is 11.2 Å². The monoisotopic (exact) mass is 695 g/mol. The lowest BCUT2D eigenvalue weighted by atomic mass is 9.77. The maximum Gasteiger partial charge on any atom is 0.403 e. The predicted octanol–water partition coefficient (Wildman–Crippen LogP) is 7.24. The Labute approximate surface area is 282 Å². The number of rotatable bonds is 10. The van der Waals surface area contributed by atoms with E-state index in [2.05, 4.69) is 41.3 Å². The van der Waals surface area contributed by atoms with Crippen LogP contribution in [-0.4, -0.2) is 85.5 Å². The molecule has 0 atom stereocenters. The van der Waals surface area contributed by atoms with Crippen LogP contribution in [0.4, 0.5) is 26.3 Å². The van der Waals surface area contributed by atoms with Gasteiger partial charge in [-0.1, -0.05) is 55.0 Å². The number of carbonyl (C=O) groups excluding carboxylic acids is 1. The number of nitrogens with zero attached hydrogens (tertiary/aromatic N) is 2. The zero-order chi connectivity index (χ0) is 35.8. The van der Waals surface area contributed by atoms with Crippen molar-refractivity contribution in [2.24, 2.45) is 11.1 Å². The Hall–Kier alpha value is -3.84. The van der Waals surface area contributed by atoms with Crippen molar-refractivity contribution in [3.05, 3.63) is 65.7 Å². The summed E-state index contributed by atoms with van der Waals surface area (Å²) in [5, 5.41) is 11.4. The standard InChI is InChI=1S/C27H31NO3.C9H12F6N2O/c1-31-25-13-6-9-21(16-19-28-17-3-2-4-18-28)27(25)24-12-7-10-22-20(14-15-26(29)30)8-5-11-23(22)24;10-8(11,12)5-17-3-1-7(2-4-17,6(16)18)9(13,14)15/h5-13H,2-4,14-19H2,1H3,(H,29,30);1-5H2,(H2,16,18). The summed E-state index contributed by atoms with van der Waals surface area (Å²) >= 11 is 0. The van der Waals surface area contributed by atoms with Crippen LogP contribution in [-0.2, 0) is 22.4 Å². The number of fused-ring (bicyclic) bond motifs is 1. The van der Waals surface area contributed by atoms with Gasteiger partial charge in [0.15, 0.2) is 0 Å². The summed E-state index contributed by atoms with van der Waals surface area (Å²) in [4.78, 5) is 25.5. The largest absolute Gasteiger partial charge is 0.496 e. The van der Waals surface area contributed by atoms with Crippen LogP contribution in [0.3, 0.4) is 0 Å². The first-order valence-corrected chi connectivity index (χ1v) is 16.4. The molecule has 0 unspecified atom stereocenters. The first-order valence-electron chi connectivity index (χ1n) is 16.4. The van der Waals surface area contributed by atoms with Gasteiger partial charge in [-0.2, -0.15) is 26.3 Å². The van der Waals surface area contributed by atoms with Crippen molar-refractivity contribution >= 4 is 22.6 Å². The lowest BCUT2D eigenvalue weighted by molar-refractivity contribution is -0.234. The molecule has 3 N–H and O–H groups in total. The average molecular weight is 696 g/mol. The Balaban J connectivity index is 0.000000257. The van der Waals surface area contributed by atoms with E-state index < -0.39 is 62.1 Å². The number of carboxylic acids is 1. The van der Waals surface area contributed by atoms with Gasteiger partial charge in [-0.25, -0.2) is 0 Å². The topological polar surface area (TPSA) is 96.1 Å². The van der Waals surface area contributed by atoms with E-state index in [9.17, 15) is 35.9 Å². The molecule has 268 valence electrons. The Morgan fingerprint density at radius 1 is 0.816 bits per heavy atom. The van der Waals surface area contributed by atoms with Gasteiger partial charge in [0, 0.05) is 18.5 Å². The Kier molecular flexibility index (Phi) is 12.6. The van der Waals surface area contributed by atoms with Crippen molar-refractivity contribution in [1.29, 1.82) is 0 Å². The number of nitrogens with two attached hydrogens (primary N) is 1. The van der Waals surface area contributed by atoms with Crippen LogP contribution < -0.4 is 10.5 Å². The van der Waals surface area contributed by atoms with Gasteiger partial charge in [-0.3, -0.25) is 14.5 Å². The van der Waals surface area contributed by atoms with E-state index in [1.54, 1.807) is 7.11 Å². The second kappa shape index (κ2) is 16.2. The highest BCUT2D eigenvalue weighted by atomic mass is 19.4. The van der Waals surface area contributed by atoms with E-state index in [0.717, 1.165) is 51.1 Å². The molecule has 2 heterocycles. The number of methoxy groups -OCH3 is 1. The van der Waals surface area contributed by atoms with Gasteiger partial charge < -0.3 is 20.5 Å². The first-order chi connectivity index (χ1) is 23.1. The van der Waals surface area contributed by atoms with Gasteiger partial charge in [0.05, 0.1) is 13.7 Å². The summed E-state index contributed by atoms with van der Waals surface area (Å²) < 4.78 is 80.3. The van der Waals surface area contributed by atoms with Crippen LogP contribution in [0.5, 0.6) is 5.75 Å². The van der Waals surface area contributed by atoms with Crippen LogP contribution in [0.25, 0.3) is 21.9 Å². The number of ether oxygens (including phenoxy) is 1. The molecular formula is C36H43F6N3O4. The maximum atomic E-state index is 12.8. The molecule has 49 heavy (non-hydrogen) atoms. The molecule has 13 heteroatoms. The maximum absolute atomic E-state index is 12.8. The minimum atomic E-state index is -4.83. The van der Waals surface area contributed by atoms with Crippen molar-refractivity contribution in [2.45, 2.75) is 63.7 Å². The molecule has 1 amide bonds. The molecule has 2 aliphatic rings. The van der Waals surface area contributed by atoms with E-state index in [4.69, 9.17) is 15.6 Å². The number of alkyl halides is 6. The van der Waals surface area contributed by atoms with Crippen LogP contribution in [0.1, 0.15) is 49.7 Å². The van der Waals surface area contributed by atoms with E-state index >= 15 is 0 Å². The Bertz CT molecular complexity index is 1580. The van der Waals surface area contributed by atoms with Crippen LogP contribution in [0.2, 0.25) is 0 Å². The number of primary amides is 1. The molecule has 3 aromatic carbocycles. The molecule has 0 spiro atoms. The molecule has 3 aromatic rings. The summed E-state index contributed by atoms with van der Waals surface area (Å²) in [6.45, 7) is 1.26. The quantitative estimate of drug-likeness (QED) is 0.217. The van der Waals surface area contributed by atoms with Gasteiger partial charge in [0.25, 0.3) is 0 Å². The summed E-state index contributed by atoms with van der Waals surface area (Å²) in [5.74, 6) is -1.40. The third-order valence-corrected chi connectivity index (χ3v) is 9.50. The number of hydrogen-bond acceptors (Lipinski definition) is 5. The SMILES string of the molecule is COc1cccc(CCN2CCCCC2)c1-c1cccc2c(CCC(=O)O)cccc12.NC(=O)C1(C(F)(F)F)CCN(CC(F)(F)F)CC1. The highest BCUT2D eigenvalue weighted by Crippen LogP contribution is 2.46. The average Bonchev–Trinajstić information content (AvgIpc) is 3.05. The summed E-state index contributed by atoms with van der Waals surface area (Å²) in [6, 6.07) is 18.9. The van der Waals surface area contributed by atoms with Gasteiger partial charge in [-0.15, -0.1) is 0 Å². The zero-order valence-corrected chi connectivity index (χ0v) is 27.5. The summed E-state index contributed by atoms with van der Waals surface area (Å²) in [6.07, 6.45) is -5.16. The highest BCUT2D eigenvalue weighted by molar-refractivity contribution is 6.00. The van der Waals surface area contributed by atoms with Crippen LogP contribution in [0.15, 0.2) is 54.6 Å². The molecular weight excluding hydrogens is 652 g/mol. The van der Waals surface area contributed by atoms with Crippen molar-refractivity contribution in [3.63, 3.8) is 0 Å². The molecule has 7 nitrogen and oxygen atoms in total. The third kappa shape index (κ3) is 9.66. The number of benzene rings is 3. The second-order valence-corrected chi connectivity index (χ2v) is 12.7. The molecule has 5 rings (SSSR count). The number of halogens is 6. The minimum absolute atomic E-state index is 0.138. The van der Waals surface area contributed by atoms with E-state index in [1.807, 2.05) is 18.2 Å². The number of aliphatic carboxylic acids is 1. The fourth-order valence-electron chi connectivity index (χ4n) is 6.79. The van der Waals surface area contributed by atoms with E-state index in [0.29, 0.717) is 6.42 Å². The Morgan fingerprint density at radius 3 is 2.02 bits per heavy atom. The number of carbonyl (C=O) groups is 2. The molecule has 0 bridgehead atoms. The first kappa shape index (κ1) is 38.0. The minimum Gasteiger partial charge on any atom is -0.496 e. The fraction of sp³-hybridized carbons (Fsp3) is 0.500. The molecule has 2 saturated heterocycles. The number of piperidine rings is 2. The number of carboxylic acid groups (broad SMARTS) is 1. The van der Waals surface area contributed by atoms with E-state index in [1.165, 1.54) is 37.9 Å². The van der Waals surface area contributed by atoms with Gasteiger partial charge in [-0.05, 0) is 98.2 Å². The molecule has 0 radical (unpaired) electrons. The number of aryl methyl sites for hydroxylation is 1.